The SMILES string of the molecule is CCC(Nc1cc(C(F)(F)F)ncc1N)C1CCCCC1. The molecule has 0 amide bonds. The number of hydrogen-bond donors (Lipinski definition) is 2. The van der Waals surface area contributed by atoms with Crippen LogP contribution in [0.5, 0.6) is 0 Å². The summed E-state index contributed by atoms with van der Waals surface area (Å²) in [6.45, 7) is 2.05. The highest BCUT2D eigenvalue weighted by Gasteiger charge is 2.33. The smallest absolute Gasteiger partial charge is 0.396 e. The van der Waals surface area contributed by atoms with E-state index in [1.165, 1.54) is 19.3 Å². The molecule has 1 aromatic rings. The molecule has 1 aromatic heterocycles. The maximum Gasteiger partial charge on any atom is 0.433 e. The van der Waals surface area contributed by atoms with Crippen LogP contribution in [0.15, 0.2) is 12.3 Å². The first-order valence-corrected chi connectivity index (χ1v) is 7.51. The Kier molecular flexibility index (Phi) is 4.96. The Morgan fingerprint density at radius 1 is 1.33 bits per heavy atom. The van der Waals surface area contributed by atoms with Crippen LogP contribution in [0.25, 0.3) is 0 Å². The molecule has 2 rings (SSSR count). The highest BCUT2D eigenvalue weighted by atomic mass is 19.4. The summed E-state index contributed by atoms with van der Waals surface area (Å²) < 4.78 is 38.2. The van der Waals surface area contributed by atoms with Crippen LogP contribution in [0.4, 0.5) is 24.5 Å². The number of rotatable bonds is 4. The molecule has 21 heavy (non-hydrogen) atoms. The van der Waals surface area contributed by atoms with Gasteiger partial charge in [-0.25, -0.2) is 4.98 Å². The van der Waals surface area contributed by atoms with Crippen molar-refractivity contribution in [2.75, 3.05) is 11.1 Å². The van der Waals surface area contributed by atoms with Crippen LogP contribution in [0.3, 0.4) is 0 Å². The van der Waals surface area contributed by atoms with Crippen LogP contribution < -0.4 is 11.1 Å². The first-order valence-electron chi connectivity index (χ1n) is 7.51. The Balaban J connectivity index is 2.16. The summed E-state index contributed by atoms with van der Waals surface area (Å²) in [5.74, 6) is 0.505. The summed E-state index contributed by atoms with van der Waals surface area (Å²) in [6, 6.07) is 1.18. The average Bonchev–Trinajstić information content (AvgIpc) is 2.46. The van der Waals surface area contributed by atoms with Crippen molar-refractivity contribution >= 4 is 11.4 Å². The van der Waals surface area contributed by atoms with E-state index in [4.69, 9.17) is 5.73 Å². The summed E-state index contributed by atoms with van der Waals surface area (Å²) in [7, 11) is 0. The lowest BCUT2D eigenvalue weighted by Gasteiger charge is -2.31. The first kappa shape index (κ1) is 15.9. The van der Waals surface area contributed by atoms with E-state index in [1.807, 2.05) is 6.92 Å². The fourth-order valence-electron chi connectivity index (χ4n) is 3.04. The van der Waals surface area contributed by atoms with Crippen LogP contribution >= 0.6 is 0 Å². The van der Waals surface area contributed by atoms with Gasteiger partial charge in [0.1, 0.15) is 5.69 Å². The third-order valence-electron chi connectivity index (χ3n) is 4.22. The third kappa shape index (κ3) is 4.02. The van der Waals surface area contributed by atoms with Crippen LogP contribution in [0, 0.1) is 5.92 Å². The van der Waals surface area contributed by atoms with E-state index in [-0.39, 0.29) is 11.7 Å². The predicted molar refractivity (Wildman–Crippen MR) is 77.9 cm³/mol. The van der Waals surface area contributed by atoms with Gasteiger partial charge in [0.15, 0.2) is 0 Å². The molecule has 0 aliphatic heterocycles. The summed E-state index contributed by atoms with van der Waals surface area (Å²) in [5.41, 5.74) is 5.47. The van der Waals surface area contributed by atoms with Crippen LogP contribution in [0.1, 0.15) is 51.1 Å². The van der Waals surface area contributed by atoms with Crippen molar-refractivity contribution in [3.05, 3.63) is 18.0 Å². The molecule has 3 N–H and O–H groups in total. The number of nitrogen functional groups attached to an aromatic ring is 1. The molecule has 1 heterocycles. The summed E-state index contributed by atoms with van der Waals surface area (Å²) in [5, 5.41) is 3.21. The molecule has 1 unspecified atom stereocenters. The van der Waals surface area contributed by atoms with Gasteiger partial charge in [0, 0.05) is 6.04 Å². The van der Waals surface area contributed by atoms with Crippen molar-refractivity contribution < 1.29 is 13.2 Å². The normalized spacial score (nSPS) is 18.5. The number of aromatic nitrogens is 1. The first-order chi connectivity index (χ1) is 9.91. The fourth-order valence-corrected chi connectivity index (χ4v) is 3.04. The average molecular weight is 301 g/mol. The third-order valence-corrected chi connectivity index (χ3v) is 4.22. The topological polar surface area (TPSA) is 50.9 Å². The minimum absolute atomic E-state index is 0.163. The second-order valence-electron chi connectivity index (χ2n) is 5.71. The number of nitrogens with two attached hydrogens (primary N) is 1. The van der Waals surface area contributed by atoms with Crippen LogP contribution in [0.2, 0.25) is 0 Å². The second kappa shape index (κ2) is 6.54. The molecule has 0 aromatic carbocycles. The molecule has 6 heteroatoms. The number of pyridine rings is 1. The lowest BCUT2D eigenvalue weighted by Crippen LogP contribution is -2.30. The van der Waals surface area contributed by atoms with Crippen molar-refractivity contribution in [1.29, 1.82) is 0 Å². The number of nitrogens with one attached hydrogen (secondary N) is 1. The molecular formula is C15H22F3N3. The zero-order chi connectivity index (χ0) is 15.5. The van der Waals surface area contributed by atoms with Crippen LogP contribution in [-0.4, -0.2) is 11.0 Å². The maximum atomic E-state index is 12.7. The van der Waals surface area contributed by atoms with Gasteiger partial charge in [-0.3, -0.25) is 0 Å². The van der Waals surface area contributed by atoms with Crippen molar-refractivity contribution in [3.8, 4) is 0 Å². The zero-order valence-electron chi connectivity index (χ0n) is 12.2. The molecule has 118 valence electrons. The van der Waals surface area contributed by atoms with E-state index in [2.05, 4.69) is 10.3 Å². The Morgan fingerprint density at radius 2 is 2.00 bits per heavy atom. The molecular weight excluding hydrogens is 279 g/mol. The summed E-state index contributed by atoms with van der Waals surface area (Å²) >= 11 is 0. The molecule has 1 atom stereocenters. The number of alkyl halides is 3. The molecule has 1 aliphatic carbocycles. The van der Waals surface area contributed by atoms with Gasteiger partial charge in [0.25, 0.3) is 0 Å². The van der Waals surface area contributed by atoms with Gasteiger partial charge < -0.3 is 11.1 Å². The molecule has 1 fully saturated rings. The number of nitrogens with zero attached hydrogens (tertiary/aromatic N) is 1. The van der Waals surface area contributed by atoms with Crippen molar-refractivity contribution in [2.24, 2.45) is 5.92 Å². The Hall–Kier alpha value is -1.46. The Labute approximate surface area is 123 Å². The fraction of sp³-hybridized carbons (Fsp3) is 0.667. The highest BCUT2D eigenvalue weighted by molar-refractivity contribution is 5.65. The van der Waals surface area contributed by atoms with Crippen molar-refractivity contribution in [2.45, 2.75) is 57.7 Å². The molecule has 0 spiro atoms. The Bertz CT molecular complexity index is 468. The standard InChI is InChI=1S/C15H22F3N3/c1-2-12(10-6-4-3-5-7-10)21-13-8-14(15(16,17)18)20-9-11(13)19/h8-10,12H,2-7,19H2,1H3,(H,20,21). The molecule has 1 saturated carbocycles. The van der Waals surface area contributed by atoms with Gasteiger partial charge in [0.2, 0.25) is 0 Å². The van der Waals surface area contributed by atoms with Crippen molar-refractivity contribution in [1.82, 2.24) is 4.98 Å². The monoisotopic (exact) mass is 301 g/mol. The van der Waals surface area contributed by atoms with Gasteiger partial charge in [-0.1, -0.05) is 26.2 Å². The zero-order valence-corrected chi connectivity index (χ0v) is 12.2. The van der Waals surface area contributed by atoms with E-state index in [0.29, 0.717) is 11.6 Å². The largest absolute Gasteiger partial charge is 0.433 e. The predicted octanol–water partition coefficient (Wildman–Crippen LogP) is 4.45. The van der Waals surface area contributed by atoms with E-state index < -0.39 is 11.9 Å². The number of anilines is 2. The van der Waals surface area contributed by atoms with Gasteiger partial charge >= 0.3 is 6.18 Å². The lowest BCUT2D eigenvalue weighted by molar-refractivity contribution is -0.141. The molecule has 1 aliphatic rings. The lowest BCUT2D eigenvalue weighted by atomic mass is 9.83. The molecule has 0 radical (unpaired) electrons. The van der Waals surface area contributed by atoms with Gasteiger partial charge in [0.05, 0.1) is 17.6 Å². The molecule has 0 saturated heterocycles. The van der Waals surface area contributed by atoms with Crippen LogP contribution in [-0.2, 0) is 6.18 Å². The quantitative estimate of drug-likeness (QED) is 0.863. The van der Waals surface area contributed by atoms with Gasteiger partial charge in [-0.15, -0.1) is 0 Å². The minimum atomic E-state index is -4.45. The maximum absolute atomic E-state index is 12.7. The minimum Gasteiger partial charge on any atom is -0.396 e. The Morgan fingerprint density at radius 3 is 2.57 bits per heavy atom. The van der Waals surface area contributed by atoms with E-state index >= 15 is 0 Å². The van der Waals surface area contributed by atoms with Gasteiger partial charge in [-0.05, 0) is 31.2 Å². The summed E-state index contributed by atoms with van der Waals surface area (Å²) in [6.07, 6.45) is 3.40. The van der Waals surface area contributed by atoms with Crippen molar-refractivity contribution in [3.63, 3.8) is 0 Å². The number of halogens is 3. The van der Waals surface area contributed by atoms with E-state index in [0.717, 1.165) is 31.5 Å². The van der Waals surface area contributed by atoms with E-state index in [9.17, 15) is 13.2 Å². The number of hydrogen-bond acceptors (Lipinski definition) is 3. The van der Waals surface area contributed by atoms with E-state index in [1.54, 1.807) is 0 Å². The summed E-state index contributed by atoms with van der Waals surface area (Å²) in [4.78, 5) is 3.37. The molecule has 3 nitrogen and oxygen atoms in total. The second-order valence-corrected chi connectivity index (χ2v) is 5.71. The highest BCUT2D eigenvalue weighted by Crippen LogP contribution is 2.34. The molecule has 0 bridgehead atoms. The van der Waals surface area contributed by atoms with Gasteiger partial charge in [-0.2, -0.15) is 13.2 Å².